The summed E-state index contributed by atoms with van der Waals surface area (Å²) in [5.41, 5.74) is 1.50. The Balaban J connectivity index is 1.78. The van der Waals surface area contributed by atoms with Crippen molar-refractivity contribution in [2.45, 2.75) is 6.54 Å². The number of halogens is 1. The molecule has 27 heavy (non-hydrogen) atoms. The summed E-state index contributed by atoms with van der Waals surface area (Å²) in [6, 6.07) is 13.0. The Hall–Kier alpha value is -2.93. The van der Waals surface area contributed by atoms with Crippen molar-refractivity contribution in [3.8, 4) is 5.75 Å². The van der Waals surface area contributed by atoms with Crippen LogP contribution in [0.15, 0.2) is 48.5 Å². The lowest BCUT2D eigenvalue weighted by atomic mass is 10.2. The lowest BCUT2D eigenvalue weighted by Crippen LogP contribution is -2.39. The summed E-state index contributed by atoms with van der Waals surface area (Å²) in [5.74, 6) is 0.0611. The predicted octanol–water partition coefficient (Wildman–Crippen LogP) is 2.36. The molecule has 0 aromatic heterocycles. The van der Waals surface area contributed by atoms with Crippen LogP contribution in [0.5, 0.6) is 5.75 Å². The largest absolute Gasteiger partial charge is 0.497 e. The van der Waals surface area contributed by atoms with Gasteiger partial charge in [-0.2, -0.15) is 0 Å². The number of hydrogen-bond donors (Lipinski definition) is 1. The molecular weight excluding hydrogens is 349 g/mol. The lowest BCUT2D eigenvalue weighted by Gasteiger charge is -2.21. The summed E-state index contributed by atoms with van der Waals surface area (Å²) in [6.45, 7) is 0.570. The zero-order chi connectivity index (χ0) is 19.8. The first kappa shape index (κ1) is 20.4. The standard InChI is InChI=1S/C20H24FN3O3/c1-23(13-19(25)22-17-8-10-18(27-3)11-9-17)14-20(26)24(2)12-15-4-6-16(21)7-5-15/h4-11H,12-14H2,1-3H3,(H,22,25). The van der Waals surface area contributed by atoms with Gasteiger partial charge in [0.25, 0.3) is 0 Å². The van der Waals surface area contributed by atoms with Crippen molar-refractivity contribution < 1.29 is 18.7 Å². The molecular formula is C20H24FN3O3. The third kappa shape index (κ3) is 6.71. The molecule has 0 unspecified atom stereocenters. The van der Waals surface area contributed by atoms with Gasteiger partial charge < -0.3 is 15.0 Å². The van der Waals surface area contributed by atoms with Crippen molar-refractivity contribution in [2.75, 3.05) is 39.6 Å². The molecule has 0 spiro atoms. The van der Waals surface area contributed by atoms with Crippen LogP contribution in [-0.4, -0.2) is 55.9 Å². The SMILES string of the molecule is COc1ccc(NC(=O)CN(C)CC(=O)N(C)Cc2ccc(F)cc2)cc1. The maximum Gasteiger partial charge on any atom is 0.238 e. The van der Waals surface area contributed by atoms with Crippen molar-refractivity contribution in [3.63, 3.8) is 0 Å². The van der Waals surface area contributed by atoms with Gasteiger partial charge in [0.15, 0.2) is 0 Å². The molecule has 144 valence electrons. The van der Waals surface area contributed by atoms with E-state index >= 15 is 0 Å². The van der Waals surface area contributed by atoms with Crippen LogP contribution >= 0.6 is 0 Å². The van der Waals surface area contributed by atoms with E-state index < -0.39 is 0 Å². The summed E-state index contributed by atoms with van der Waals surface area (Å²) in [4.78, 5) is 27.6. The van der Waals surface area contributed by atoms with Crippen molar-refractivity contribution in [1.82, 2.24) is 9.80 Å². The van der Waals surface area contributed by atoms with Crippen LogP contribution in [0.2, 0.25) is 0 Å². The first-order valence-electron chi connectivity index (χ1n) is 8.48. The van der Waals surface area contributed by atoms with Crippen LogP contribution in [0.3, 0.4) is 0 Å². The Morgan fingerprint density at radius 1 is 1.00 bits per heavy atom. The van der Waals surface area contributed by atoms with E-state index in [2.05, 4.69) is 5.32 Å². The molecule has 7 heteroatoms. The molecule has 0 heterocycles. The lowest BCUT2D eigenvalue weighted by molar-refractivity contribution is -0.131. The molecule has 2 rings (SSSR count). The number of ether oxygens (including phenoxy) is 1. The smallest absolute Gasteiger partial charge is 0.238 e. The summed E-state index contributed by atoms with van der Waals surface area (Å²) in [6.07, 6.45) is 0. The number of rotatable bonds is 8. The van der Waals surface area contributed by atoms with Crippen LogP contribution in [0.1, 0.15) is 5.56 Å². The minimum atomic E-state index is -0.310. The number of methoxy groups -OCH3 is 1. The fraction of sp³-hybridized carbons (Fsp3) is 0.300. The van der Waals surface area contributed by atoms with Crippen molar-refractivity contribution >= 4 is 17.5 Å². The molecule has 0 radical (unpaired) electrons. The molecule has 0 aliphatic carbocycles. The van der Waals surface area contributed by atoms with E-state index in [4.69, 9.17) is 4.74 Å². The van der Waals surface area contributed by atoms with Crippen molar-refractivity contribution in [1.29, 1.82) is 0 Å². The second kappa shape index (κ2) is 9.68. The number of hydrogen-bond acceptors (Lipinski definition) is 4. The molecule has 0 fully saturated rings. The fourth-order valence-corrected chi connectivity index (χ4v) is 2.48. The van der Waals surface area contributed by atoms with Gasteiger partial charge in [0.2, 0.25) is 11.8 Å². The molecule has 0 atom stereocenters. The van der Waals surface area contributed by atoms with Crippen molar-refractivity contribution in [3.05, 3.63) is 59.9 Å². The number of carbonyl (C=O) groups is 2. The first-order valence-corrected chi connectivity index (χ1v) is 8.48. The quantitative estimate of drug-likeness (QED) is 0.772. The van der Waals surface area contributed by atoms with Gasteiger partial charge in [0.05, 0.1) is 20.2 Å². The monoisotopic (exact) mass is 373 g/mol. The topological polar surface area (TPSA) is 61.9 Å². The van der Waals surface area contributed by atoms with E-state index in [0.717, 1.165) is 5.56 Å². The van der Waals surface area contributed by atoms with Crippen LogP contribution in [-0.2, 0) is 16.1 Å². The van der Waals surface area contributed by atoms with Gasteiger partial charge in [-0.3, -0.25) is 14.5 Å². The number of amides is 2. The average molecular weight is 373 g/mol. The zero-order valence-corrected chi connectivity index (χ0v) is 15.7. The Morgan fingerprint density at radius 2 is 1.63 bits per heavy atom. The van der Waals surface area contributed by atoms with Crippen LogP contribution < -0.4 is 10.1 Å². The number of benzene rings is 2. The molecule has 0 aliphatic heterocycles. The Bertz CT molecular complexity index is 763. The summed E-state index contributed by atoms with van der Waals surface area (Å²) < 4.78 is 18.0. The highest BCUT2D eigenvalue weighted by atomic mass is 19.1. The average Bonchev–Trinajstić information content (AvgIpc) is 2.63. The highest BCUT2D eigenvalue weighted by Gasteiger charge is 2.14. The molecule has 2 aromatic rings. The molecule has 1 N–H and O–H groups in total. The summed E-state index contributed by atoms with van der Waals surface area (Å²) in [5, 5.41) is 2.78. The van der Waals surface area contributed by atoms with E-state index in [-0.39, 0.29) is 30.7 Å². The van der Waals surface area contributed by atoms with E-state index in [0.29, 0.717) is 18.0 Å². The fourth-order valence-electron chi connectivity index (χ4n) is 2.48. The predicted molar refractivity (Wildman–Crippen MR) is 102 cm³/mol. The molecule has 6 nitrogen and oxygen atoms in total. The highest BCUT2D eigenvalue weighted by Crippen LogP contribution is 2.14. The van der Waals surface area contributed by atoms with Gasteiger partial charge in [-0.1, -0.05) is 12.1 Å². The maximum absolute atomic E-state index is 12.9. The van der Waals surface area contributed by atoms with Crippen LogP contribution in [0.4, 0.5) is 10.1 Å². The summed E-state index contributed by atoms with van der Waals surface area (Å²) >= 11 is 0. The van der Waals surface area contributed by atoms with Gasteiger partial charge >= 0.3 is 0 Å². The van der Waals surface area contributed by atoms with E-state index in [1.807, 2.05) is 0 Å². The number of carbonyl (C=O) groups excluding carboxylic acids is 2. The van der Waals surface area contributed by atoms with Crippen LogP contribution in [0, 0.1) is 5.82 Å². The highest BCUT2D eigenvalue weighted by molar-refractivity contribution is 5.92. The summed E-state index contributed by atoms with van der Waals surface area (Å²) in [7, 11) is 4.96. The Kier molecular flexibility index (Phi) is 7.31. The molecule has 2 aromatic carbocycles. The van der Waals surface area contributed by atoms with E-state index in [9.17, 15) is 14.0 Å². The van der Waals surface area contributed by atoms with Crippen molar-refractivity contribution in [2.24, 2.45) is 0 Å². The maximum atomic E-state index is 12.9. The molecule has 0 saturated carbocycles. The molecule has 2 amide bonds. The van der Waals surface area contributed by atoms with E-state index in [1.165, 1.54) is 12.1 Å². The normalized spacial score (nSPS) is 10.6. The van der Waals surface area contributed by atoms with Crippen LogP contribution in [0.25, 0.3) is 0 Å². The van der Waals surface area contributed by atoms with E-state index in [1.54, 1.807) is 67.4 Å². The number of likely N-dealkylation sites (N-methyl/N-ethyl adjacent to an activating group) is 2. The van der Waals surface area contributed by atoms with Gasteiger partial charge in [0.1, 0.15) is 11.6 Å². The Morgan fingerprint density at radius 3 is 2.22 bits per heavy atom. The van der Waals surface area contributed by atoms with Gasteiger partial charge in [0, 0.05) is 19.3 Å². The van der Waals surface area contributed by atoms with Gasteiger partial charge in [-0.15, -0.1) is 0 Å². The van der Waals surface area contributed by atoms with Gasteiger partial charge in [-0.25, -0.2) is 4.39 Å². The first-order chi connectivity index (χ1) is 12.9. The number of nitrogens with zero attached hydrogens (tertiary/aromatic N) is 2. The minimum Gasteiger partial charge on any atom is -0.497 e. The number of nitrogens with one attached hydrogen (secondary N) is 1. The second-order valence-corrected chi connectivity index (χ2v) is 6.33. The third-order valence-corrected chi connectivity index (χ3v) is 3.95. The zero-order valence-electron chi connectivity index (χ0n) is 15.7. The number of anilines is 1. The van der Waals surface area contributed by atoms with Gasteiger partial charge in [-0.05, 0) is 49.0 Å². The Labute approximate surface area is 158 Å². The molecule has 0 bridgehead atoms. The molecule has 0 aliphatic rings. The minimum absolute atomic E-state index is 0.0855. The second-order valence-electron chi connectivity index (χ2n) is 6.33. The molecule has 0 saturated heterocycles. The third-order valence-electron chi connectivity index (χ3n) is 3.95.